The van der Waals surface area contributed by atoms with Crippen molar-refractivity contribution in [3.05, 3.63) is 92.6 Å². The highest BCUT2D eigenvalue weighted by Crippen LogP contribution is 2.39. The molecule has 146 valence electrons. The molecular weight excluding hydrogens is 398 g/mol. The molecule has 4 heterocycles. The van der Waals surface area contributed by atoms with Gasteiger partial charge in [0, 0.05) is 28.9 Å². The molecule has 0 unspecified atom stereocenters. The second-order valence-corrected chi connectivity index (χ2v) is 9.16. The number of rotatable bonds is 5. The van der Waals surface area contributed by atoms with Crippen molar-refractivity contribution in [1.29, 1.82) is 0 Å². The van der Waals surface area contributed by atoms with Crippen LogP contribution in [0.4, 0.5) is 0 Å². The zero-order valence-corrected chi connectivity index (χ0v) is 17.5. The lowest BCUT2D eigenvalue weighted by molar-refractivity contribution is -0.133. The molecule has 29 heavy (non-hydrogen) atoms. The summed E-state index contributed by atoms with van der Waals surface area (Å²) in [6.45, 7) is 0.790. The third-order valence-corrected chi connectivity index (χ3v) is 7.30. The second-order valence-electron chi connectivity index (χ2n) is 7.18. The first-order valence-electron chi connectivity index (χ1n) is 9.78. The van der Waals surface area contributed by atoms with E-state index in [1.54, 1.807) is 22.7 Å². The molecule has 0 spiro atoms. The van der Waals surface area contributed by atoms with E-state index in [1.807, 2.05) is 47.4 Å². The van der Waals surface area contributed by atoms with Gasteiger partial charge in [0.15, 0.2) is 0 Å². The van der Waals surface area contributed by atoms with Crippen LogP contribution in [0.3, 0.4) is 0 Å². The van der Waals surface area contributed by atoms with Gasteiger partial charge < -0.3 is 4.90 Å². The number of para-hydroxylation sites is 1. The van der Waals surface area contributed by atoms with Gasteiger partial charge in [-0.3, -0.25) is 4.79 Å². The Morgan fingerprint density at radius 2 is 1.97 bits per heavy atom. The molecule has 1 amide bonds. The summed E-state index contributed by atoms with van der Waals surface area (Å²) in [4.78, 5) is 17.9. The maximum Gasteiger partial charge on any atom is 0.223 e. The number of fused-ring (bicyclic) bond motifs is 1. The lowest BCUT2D eigenvalue weighted by Crippen LogP contribution is -2.39. The Balaban J connectivity index is 1.31. The predicted octanol–water partition coefficient (Wildman–Crippen LogP) is 5.10. The van der Waals surface area contributed by atoms with Crippen molar-refractivity contribution in [3.63, 3.8) is 0 Å². The number of hydrogen-bond donors (Lipinski definition) is 0. The number of carbonyl (C=O) groups excluding carboxylic acids is 1. The van der Waals surface area contributed by atoms with Gasteiger partial charge >= 0.3 is 0 Å². The van der Waals surface area contributed by atoms with Gasteiger partial charge in [0.1, 0.15) is 0 Å². The van der Waals surface area contributed by atoms with Crippen LogP contribution in [-0.4, -0.2) is 27.1 Å². The first kappa shape index (κ1) is 18.3. The van der Waals surface area contributed by atoms with Crippen LogP contribution in [0, 0.1) is 0 Å². The van der Waals surface area contributed by atoms with E-state index < -0.39 is 0 Å². The van der Waals surface area contributed by atoms with Gasteiger partial charge in [0.05, 0.1) is 17.9 Å². The third-order valence-electron chi connectivity index (χ3n) is 5.38. The fourth-order valence-corrected chi connectivity index (χ4v) is 5.70. The molecule has 1 aliphatic heterocycles. The standard InChI is InChI=1S/C23H21N3OS2/c27-22(9-8-17-15-24-26(16-17)18-5-2-1-3-6-18)25-12-10-20-19(11-14-29-20)23(25)21-7-4-13-28-21/h1-7,11,13-16,23H,8-10,12H2/t23-/m1/s1. The van der Waals surface area contributed by atoms with Crippen molar-refractivity contribution in [2.75, 3.05) is 6.54 Å². The molecule has 0 aliphatic carbocycles. The Morgan fingerprint density at radius 3 is 2.79 bits per heavy atom. The van der Waals surface area contributed by atoms with E-state index in [1.165, 1.54) is 15.3 Å². The summed E-state index contributed by atoms with van der Waals surface area (Å²) in [6.07, 6.45) is 6.04. The molecule has 1 atom stereocenters. The maximum atomic E-state index is 13.2. The summed E-state index contributed by atoms with van der Waals surface area (Å²) < 4.78 is 1.87. The maximum absolute atomic E-state index is 13.2. The summed E-state index contributed by atoms with van der Waals surface area (Å²) in [6, 6.07) is 16.5. The highest BCUT2D eigenvalue weighted by atomic mass is 32.1. The van der Waals surface area contributed by atoms with Crippen molar-refractivity contribution in [2.45, 2.75) is 25.3 Å². The highest BCUT2D eigenvalue weighted by Gasteiger charge is 2.33. The Kier molecular flexibility index (Phi) is 5.04. The van der Waals surface area contributed by atoms with Crippen LogP contribution in [-0.2, 0) is 17.6 Å². The normalized spacial score (nSPS) is 16.0. The summed E-state index contributed by atoms with van der Waals surface area (Å²) in [5.74, 6) is 0.215. The molecule has 0 radical (unpaired) electrons. The minimum Gasteiger partial charge on any atom is -0.330 e. The number of amides is 1. The monoisotopic (exact) mass is 419 g/mol. The molecule has 0 saturated carbocycles. The molecule has 4 nitrogen and oxygen atoms in total. The summed E-state index contributed by atoms with van der Waals surface area (Å²) >= 11 is 3.54. The number of hydrogen-bond acceptors (Lipinski definition) is 4. The average molecular weight is 420 g/mol. The summed E-state index contributed by atoms with van der Waals surface area (Å²) in [7, 11) is 0. The van der Waals surface area contributed by atoms with E-state index in [4.69, 9.17) is 0 Å². The van der Waals surface area contributed by atoms with E-state index in [0.717, 1.165) is 24.2 Å². The van der Waals surface area contributed by atoms with E-state index in [2.05, 4.69) is 39.0 Å². The Morgan fingerprint density at radius 1 is 1.07 bits per heavy atom. The Bertz CT molecular complexity index is 1100. The number of thiophene rings is 2. The van der Waals surface area contributed by atoms with E-state index in [0.29, 0.717) is 12.8 Å². The zero-order valence-electron chi connectivity index (χ0n) is 15.9. The van der Waals surface area contributed by atoms with Crippen molar-refractivity contribution in [3.8, 4) is 5.69 Å². The zero-order chi connectivity index (χ0) is 19.6. The average Bonchev–Trinajstić information content (AvgIpc) is 3.53. The van der Waals surface area contributed by atoms with Crippen molar-refractivity contribution in [2.24, 2.45) is 0 Å². The molecule has 0 fully saturated rings. The number of benzene rings is 1. The Labute approximate surface area is 178 Å². The number of carbonyl (C=O) groups is 1. The van der Waals surface area contributed by atoms with Crippen LogP contribution < -0.4 is 0 Å². The van der Waals surface area contributed by atoms with Crippen LogP contribution in [0.25, 0.3) is 5.69 Å². The van der Waals surface area contributed by atoms with Crippen LogP contribution in [0.5, 0.6) is 0 Å². The molecule has 6 heteroatoms. The van der Waals surface area contributed by atoms with Crippen LogP contribution >= 0.6 is 22.7 Å². The van der Waals surface area contributed by atoms with Crippen LogP contribution in [0.2, 0.25) is 0 Å². The molecule has 3 aromatic heterocycles. The summed E-state index contributed by atoms with van der Waals surface area (Å²) in [5, 5.41) is 8.69. The topological polar surface area (TPSA) is 38.1 Å². The number of nitrogens with zero attached hydrogens (tertiary/aromatic N) is 3. The van der Waals surface area contributed by atoms with Gasteiger partial charge in [0.2, 0.25) is 5.91 Å². The molecule has 1 aliphatic rings. The molecule has 0 N–H and O–H groups in total. The first-order valence-corrected chi connectivity index (χ1v) is 11.5. The van der Waals surface area contributed by atoms with Gasteiger partial charge in [-0.25, -0.2) is 4.68 Å². The predicted molar refractivity (Wildman–Crippen MR) is 118 cm³/mol. The smallest absolute Gasteiger partial charge is 0.223 e. The lowest BCUT2D eigenvalue weighted by atomic mass is 9.97. The first-order chi connectivity index (χ1) is 14.3. The number of aryl methyl sites for hydroxylation is 1. The van der Waals surface area contributed by atoms with Gasteiger partial charge in [-0.05, 0) is 59.0 Å². The molecular formula is C23H21N3OS2. The second kappa shape index (κ2) is 7.97. The minimum atomic E-state index is 0.0598. The largest absolute Gasteiger partial charge is 0.330 e. The van der Waals surface area contributed by atoms with Gasteiger partial charge in [-0.1, -0.05) is 24.3 Å². The van der Waals surface area contributed by atoms with E-state index in [9.17, 15) is 4.79 Å². The van der Waals surface area contributed by atoms with E-state index >= 15 is 0 Å². The van der Waals surface area contributed by atoms with Crippen LogP contribution in [0.1, 0.15) is 33.3 Å². The fourth-order valence-electron chi connectivity index (χ4n) is 3.94. The van der Waals surface area contributed by atoms with Gasteiger partial charge in [-0.15, -0.1) is 22.7 Å². The molecule has 4 aromatic rings. The minimum absolute atomic E-state index is 0.0598. The van der Waals surface area contributed by atoms with Crippen molar-refractivity contribution >= 4 is 28.6 Å². The van der Waals surface area contributed by atoms with Crippen LogP contribution in [0.15, 0.2) is 71.7 Å². The van der Waals surface area contributed by atoms with E-state index in [-0.39, 0.29) is 11.9 Å². The molecule has 1 aromatic carbocycles. The van der Waals surface area contributed by atoms with Crippen molar-refractivity contribution in [1.82, 2.24) is 14.7 Å². The molecule has 0 bridgehead atoms. The summed E-state index contributed by atoms with van der Waals surface area (Å²) in [5.41, 5.74) is 3.42. The fraction of sp³-hybridized carbons (Fsp3) is 0.217. The third kappa shape index (κ3) is 3.66. The van der Waals surface area contributed by atoms with Crippen molar-refractivity contribution < 1.29 is 4.79 Å². The van der Waals surface area contributed by atoms with Gasteiger partial charge in [0.25, 0.3) is 0 Å². The quantitative estimate of drug-likeness (QED) is 0.451. The molecule has 5 rings (SSSR count). The SMILES string of the molecule is O=C(CCc1cnn(-c2ccccc2)c1)N1CCc2sccc2[C@@H]1c1cccs1. The van der Waals surface area contributed by atoms with Gasteiger partial charge in [-0.2, -0.15) is 5.10 Å². The Hall–Kier alpha value is -2.70. The lowest BCUT2D eigenvalue weighted by Gasteiger charge is -2.35. The molecule has 0 saturated heterocycles. The number of aromatic nitrogens is 2. The highest BCUT2D eigenvalue weighted by molar-refractivity contribution is 7.10.